The first kappa shape index (κ1) is 18.7. The van der Waals surface area contributed by atoms with Crippen LogP contribution in [-0.4, -0.2) is 47.8 Å². The lowest BCUT2D eigenvalue weighted by Crippen LogP contribution is -2.73. The van der Waals surface area contributed by atoms with Gasteiger partial charge < -0.3 is 10.6 Å². The van der Waals surface area contributed by atoms with Crippen LogP contribution in [-0.2, 0) is 9.59 Å². The molecule has 2 aromatic carbocycles. The van der Waals surface area contributed by atoms with Gasteiger partial charge in [-0.1, -0.05) is 60.7 Å². The first-order valence-corrected chi connectivity index (χ1v) is 9.16. The molecule has 2 heterocycles. The summed E-state index contributed by atoms with van der Waals surface area (Å²) in [6.45, 7) is 0. The normalized spacial score (nSPS) is 23.8. The van der Waals surface area contributed by atoms with Gasteiger partial charge in [-0.3, -0.25) is 19.4 Å². The number of carbonyl (C=O) groups is 4. The zero-order valence-corrected chi connectivity index (χ0v) is 16.0. The van der Waals surface area contributed by atoms with Gasteiger partial charge in [0.1, 0.15) is 0 Å². The van der Waals surface area contributed by atoms with E-state index in [-0.39, 0.29) is 0 Å². The predicted octanol–water partition coefficient (Wildman–Crippen LogP) is 1.82. The third kappa shape index (κ3) is 2.60. The molecule has 29 heavy (non-hydrogen) atoms. The minimum Gasteiger partial charge on any atom is -0.330 e. The molecule has 2 aliphatic rings. The average Bonchev–Trinajstić information content (AvgIpc) is 2.76. The monoisotopic (exact) mass is 392 g/mol. The number of hydrogen-bond acceptors (Lipinski definition) is 4. The SMILES string of the molecule is CN1C(=O)N(C)C(=O)C2(C1=O)C(c1ccccc1)NC(=O)NC2c1ccccc1. The fraction of sp³-hybridized carbons (Fsp3) is 0.238. The lowest BCUT2D eigenvalue weighted by Gasteiger charge is -2.52. The van der Waals surface area contributed by atoms with Gasteiger partial charge in [0.15, 0.2) is 5.41 Å². The van der Waals surface area contributed by atoms with Crippen molar-refractivity contribution in [3.63, 3.8) is 0 Å². The van der Waals surface area contributed by atoms with Crippen LogP contribution in [0.5, 0.6) is 0 Å². The quantitative estimate of drug-likeness (QED) is 0.762. The molecule has 2 atom stereocenters. The average molecular weight is 392 g/mol. The highest BCUT2D eigenvalue weighted by molar-refractivity contribution is 6.20. The van der Waals surface area contributed by atoms with E-state index in [1.807, 2.05) is 0 Å². The fourth-order valence-electron chi connectivity index (χ4n) is 4.22. The molecule has 2 saturated heterocycles. The zero-order chi connectivity index (χ0) is 20.8. The maximum atomic E-state index is 13.6. The molecule has 1 spiro atoms. The number of urea groups is 2. The molecule has 8 nitrogen and oxygen atoms in total. The highest BCUT2D eigenvalue weighted by atomic mass is 16.2. The Kier molecular flexibility index (Phi) is 4.34. The Hall–Kier alpha value is -3.68. The Bertz CT molecular complexity index is 915. The Morgan fingerprint density at radius 3 is 1.45 bits per heavy atom. The Morgan fingerprint density at radius 1 is 0.690 bits per heavy atom. The maximum Gasteiger partial charge on any atom is 0.332 e. The van der Waals surface area contributed by atoms with Gasteiger partial charge in [-0.2, -0.15) is 0 Å². The second-order valence-electron chi connectivity index (χ2n) is 7.19. The van der Waals surface area contributed by atoms with Gasteiger partial charge in [0.2, 0.25) is 0 Å². The summed E-state index contributed by atoms with van der Waals surface area (Å²) >= 11 is 0. The van der Waals surface area contributed by atoms with Crippen LogP contribution >= 0.6 is 0 Å². The first-order chi connectivity index (χ1) is 13.9. The van der Waals surface area contributed by atoms with E-state index in [0.717, 1.165) is 9.80 Å². The van der Waals surface area contributed by atoms with E-state index in [2.05, 4.69) is 10.6 Å². The second-order valence-corrected chi connectivity index (χ2v) is 7.19. The summed E-state index contributed by atoms with van der Waals surface area (Å²) in [5.41, 5.74) is -0.573. The number of imide groups is 2. The van der Waals surface area contributed by atoms with E-state index < -0.39 is 41.4 Å². The molecule has 0 aliphatic carbocycles. The van der Waals surface area contributed by atoms with Gasteiger partial charge in [0.05, 0.1) is 12.1 Å². The van der Waals surface area contributed by atoms with E-state index in [0.29, 0.717) is 11.1 Å². The van der Waals surface area contributed by atoms with Crippen LogP contribution in [0.1, 0.15) is 23.2 Å². The Labute approximate surface area is 167 Å². The van der Waals surface area contributed by atoms with E-state index in [1.165, 1.54) is 14.1 Å². The van der Waals surface area contributed by atoms with Gasteiger partial charge in [0.25, 0.3) is 11.8 Å². The summed E-state index contributed by atoms with van der Waals surface area (Å²) in [5.74, 6) is -1.33. The maximum absolute atomic E-state index is 13.6. The molecule has 0 bridgehead atoms. The van der Waals surface area contributed by atoms with Crippen LogP contribution < -0.4 is 10.6 Å². The van der Waals surface area contributed by atoms with Crippen molar-refractivity contribution >= 4 is 23.9 Å². The zero-order valence-electron chi connectivity index (χ0n) is 16.0. The smallest absolute Gasteiger partial charge is 0.330 e. The van der Waals surface area contributed by atoms with Crippen molar-refractivity contribution in [3.8, 4) is 0 Å². The molecule has 2 aromatic rings. The first-order valence-electron chi connectivity index (χ1n) is 9.16. The summed E-state index contributed by atoms with van der Waals surface area (Å²) in [6, 6.07) is 14.6. The Morgan fingerprint density at radius 2 is 1.07 bits per heavy atom. The van der Waals surface area contributed by atoms with Gasteiger partial charge in [-0.25, -0.2) is 9.59 Å². The van der Waals surface area contributed by atoms with Crippen molar-refractivity contribution in [1.82, 2.24) is 20.4 Å². The minimum absolute atomic E-state index is 0.499. The summed E-state index contributed by atoms with van der Waals surface area (Å²) in [7, 11) is 2.69. The summed E-state index contributed by atoms with van der Waals surface area (Å²) in [6.07, 6.45) is 0. The van der Waals surface area contributed by atoms with Crippen molar-refractivity contribution in [2.45, 2.75) is 12.1 Å². The number of amides is 6. The second kappa shape index (κ2) is 6.73. The minimum atomic E-state index is -1.77. The van der Waals surface area contributed by atoms with Crippen molar-refractivity contribution in [3.05, 3.63) is 71.8 Å². The number of benzene rings is 2. The number of rotatable bonds is 2. The molecule has 6 amide bonds. The third-order valence-electron chi connectivity index (χ3n) is 5.62. The van der Waals surface area contributed by atoms with E-state index >= 15 is 0 Å². The molecule has 0 saturated carbocycles. The molecule has 2 N–H and O–H groups in total. The van der Waals surface area contributed by atoms with Gasteiger partial charge in [-0.05, 0) is 11.1 Å². The molecule has 2 aliphatic heterocycles. The lowest BCUT2D eigenvalue weighted by molar-refractivity contribution is -0.163. The topological polar surface area (TPSA) is 98.8 Å². The fourth-order valence-corrected chi connectivity index (χ4v) is 4.22. The van der Waals surface area contributed by atoms with Crippen LogP contribution in [0.15, 0.2) is 60.7 Å². The number of nitrogens with one attached hydrogen (secondary N) is 2. The molecule has 8 heteroatoms. The summed E-state index contributed by atoms with van der Waals surface area (Å²) < 4.78 is 0. The number of hydrogen-bond donors (Lipinski definition) is 2. The van der Waals surface area contributed by atoms with Gasteiger partial charge in [0, 0.05) is 14.1 Å². The van der Waals surface area contributed by atoms with Crippen molar-refractivity contribution < 1.29 is 19.2 Å². The molecule has 0 aromatic heterocycles. The van der Waals surface area contributed by atoms with Crippen molar-refractivity contribution in [2.24, 2.45) is 5.41 Å². The molecule has 0 radical (unpaired) electrons. The predicted molar refractivity (Wildman–Crippen MR) is 103 cm³/mol. The highest BCUT2D eigenvalue weighted by Crippen LogP contribution is 2.50. The van der Waals surface area contributed by atoms with E-state index in [1.54, 1.807) is 60.7 Å². The summed E-state index contributed by atoms with van der Waals surface area (Å²) in [5, 5.41) is 5.51. The molecular weight excluding hydrogens is 372 g/mol. The summed E-state index contributed by atoms with van der Waals surface area (Å²) in [4.78, 5) is 54.1. The van der Waals surface area contributed by atoms with Crippen LogP contribution in [0.2, 0.25) is 0 Å². The van der Waals surface area contributed by atoms with Crippen LogP contribution in [0.25, 0.3) is 0 Å². The molecule has 4 rings (SSSR count). The van der Waals surface area contributed by atoms with Crippen LogP contribution in [0.4, 0.5) is 9.59 Å². The van der Waals surface area contributed by atoms with Gasteiger partial charge in [-0.15, -0.1) is 0 Å². The number of carbonyl (C=O) groups excluding carboxylic acids is 4. The van der Waals surface area contributed by atoms with Crippen LogP contribution in [0.3, 0.4) is 0 Å². The lowest BCUT2D eigenvalue weighted by atomic mass is 9.65. The Balaban J connectivity index is 2.00. The molecular formula is C21H20N4O4. The third-order valence-corrected chi connectivity index (χ3v) is 5.62. The van der Waals surface area contributed by atoms with E-state index in [4.69, 9.17) is 0 Å². The van der Waals surface area contributed by atoms with Crippen molar-refractivity contribution in [1.29, 1.82) is 0 Å². The number of nitrogens with zero attached hydrogens (tertiary/aromatic N) is 2. The van der Waals surface area contributed by atoms with Gasteiger partial charge >= 0.3 is 12.1 Å². The largest absolute Gasteiger partial charge is 0.332 e. The highest BCUT2D eigenvalue weighted by Gasteiger charge is 2.67. The molecule has 2 fully saturated rings. The van der Waals surface area contributed by atoms with E-state index in [9.17, 15) is 19.2 Å². The van der Waals surface area contributed by atoms with Crippen molar-refractivity contribution in [2.75, 3.05) is 14.1 Å². The van der Waals surface area contributed by atoms with Crippen LogP contribution in [0, 0.1) is 5.41 Å². The molecule has 148 valence electrons. The number of barbiturate groups is 1. The molecule has 2 unspecified atom stereocenters. The standard InChI is InChI=1S/C21H20N4O4/c1-24-17(26)21(18(27)25(2)20(24)29)15(13-9-5-3-6-10-13)22-19(28)23-16(21)14-11-7-4-8-12-14/h3-12,15-16H,1-2H3,(H2,22,23,28).